The number of hydrogen-bond acceptors (Lipinski definition) is 3. The summed E-state index contributed by atoms with van der Waals surface area (Å²) in [6, 6.07) is 6.34. The van der Waals surface area contributed by atoms with Gasteiger partial charge >= 0.3 is 0 Å². The van der Waals surface area contributed by atoms with Gasteiger partial charge in [-0.05, 0) is 18.1 Å². The van der Waals surface area contributed by atoms with E-state index in [1.807, 2.05) is 24.4 Å². The summed E-state index contributed by atoms with van der Waals surface area (Å²) in [6.45, 7) is 5.92. The van der Waals surface area contributed by atoms with E-state index in [1.54, 1.807) is 7.11 Å². The highest BCUT2D eigenvalue weighted by molar-refractivity contribution is 5.03. The minimum atomic E-state index is 0.386. The summed E-state index contributed by atoms with van der Waals surface area (Å²) < 4.78 is 5.17. The van der Waals surface area contributed by atoms with Crippen LogP contribution in [0.4, 0.5) is 0 Å². The molecule has 15 heavy (non-hydrogen) atoms. The minimum Gasteiger partial charge on any atom is -0.383 e. The quantitative estimate of drug-likeness (QED) is 0.774. The normalized spacial score (nSPS) is 13.1. The van der Waals surface area contributed by atoms with Crippen molar-refractivity contribution in [3.63, 3.8) is 0 Å². The Kier molecular flexibility index (Phi) is 5.29. The van der Waals surface area contributed by atoms with Crippen molar-refractivity contribution < 1.29 is 4.74 Å². The van der Waals surface area contributed by atoms with E-state index < -0.39 is 0 Å². The molecular weight excluding hydrogens is 188 g/mol. The van der Waals surface area contributed by atoms with Crippen LogP contribution >= 0.6 is 0 Å². The number of nitrogens with one attached hydrogen (secondary N) is 1. The summed E-state index contributed by atoms with van der Waals surface area (Å²) in [4.78, 5) is 4.27. The van der Waals surface area contributed by atoms with Gasteiger partial charge in [0.1, 0.15) is 0 Å². The molecule has 1 heterocycles. The van der Waals surface area contributed by atoms with Crippen molar-refractivity contribution in [2.24, 2.45) is 5.92 Å². The highest BCUT2D eigenvalue weighted by Crippen LogP contribution is 2.03. The van der Waals surface area contributed by atoms with E-state index in [2.05, 4.69) is 24.1 Å². The van der Waals surface area contributed by atoms with E-state index in [0.717, 1.165) is 18.8 Å². The first kappa shape index (κ1) is 12.1. The summed E-state index contributed by atoms with van der Waals surface area (Å²) in [6.07, 6.45) is 1.82. The summed E-state index contributed by atoms with van der Waals surface area (Å²) >= 11 is 0. The van der Waals surface area contributed by atoms with Crippen LogP contribution in [0.5, 0.6) is 0 Å². The van der Waals surface area contributed by atoms with Crippen molar-refractivity contribution in [3.8, 4) is 0 Å². The molecule has 1 atom stereocenters. The second kappa shape index (κ2) is 6.53. The zero-order valence-corrected chi connectivity index (χ0v) is 9.73. The van der Waals surface area contributed by atoms with Crippen LogP contribution in [0.15, 0.2) is 24.4 Å². The Labute approximate surface area is 91.9 Å². The fraction of sp³-hybridized carbons (Fsp3) is 0.583. The van der Waals surface area contributed by atoms with E-state index >= 15 is 0 Å². The molecule has 1 rings (SSSR count). The van der Waals surface area contributed by atoms with Gasteiger partial charge in [-0.2, -0.15) is 0 Å². The molecule has 0 aliphatic rings. The molecule has 0 bridgehead atoms. The molecule has 1 aromatic rings. The second-order valence-electron chi connectivity index (χ2n) is 4.01. The Morgan fingerprint density at radius 1 is 1.40 bits per heavy atom. The third-order valence-corrected chi connectivity index (χ3v) is 2.42. The molecular formula is C12H20N2O. The molecule has 0 spiro atoms. The van der Waals surface area contributed by atoms with E-state index in [0.29, 0.717) is 12.0 Å². The molecule has 0 saturated carbocycles. The third kappa shape index (κ3) is 4.40. The van der Waals surface area contributed by atoms with Crippen LogP contribution in [0.1, 0.15) is 19.5 Å². The van der Waals surface area contributed by atoms with Gasteiger partial charge < -0.3 is 10.1 Å². The van der Waals surface area contributed by atoms with Gasteiger partial charge in [-0.3, -0.25) is 4.98 Å². The Morgan fingerprint density at radius 2 is 2.20 bits per heavy atom. The van der Waals surface area contributed by atoms with E-state index in [1.165, 1.54) is 0 Å². The van der Waals surface area contributed by atoms with Gasteiger partial charge in [-0.15, -0.1) is 0 Å². The third-order valence-electron chi connectivity index (χ3n) is 2.42. The van der Waals surface area contributed by atoms with E-state index in [-0.39, 0.29) is 0 Å². The number of rotatable bonds is 6. The maximum atomic E-state index is 5.17. The highest BCUT2D eigenvalue weighted by atomic mass is 16.5. The summed E-state index contributed by atoms with van der Waals surface area (Å²) in [5.41, 5.74) is 1.07. The van der Waals surface area contributed by atoms with Crippen molar-refractivity contribution in [2.45, 2.75) is 26.4 Å². The lowest BCUT2D eigenvalue weighted by atomic mass is 10.1. The topological polar surface area (TPSA) is 34.1 Å². The lowest BCUT2D eigenvalue weighted by Crippen LogP contribution is -2.37. The van der Waals surface area contributed by atoms with Gasteiger partial charge in [0, 0.05) is 25.9 Å². The van der Waals surface area contributed by atoms with Crippen molar-refractivity contribution in [3.05, 3.63) is 30.1 Å². The summed E-state index contributed by atoms with van der Waals surface area (Å²) in [5.74, 6) is 0.564. The van der Waals surface area contributed by atoms with Crippen LogP contribution in [-0.4, -0.2) is 24.7 Å². The molecule has 0 radical (unpaired) electrons. The smallest absolute Gasteiger partial charge is 0.0618 e. The zero-order valence-electron chi connectivity index (χ0n) is 9.73. The molecule has 0 fully saturated rings. The fourth-order valence-corrected chi connectivity index (χ4v) is 1.40. The molecule has 0 aliphatic carbocycles. The summed E-state index contributed by atoms with van der Waals surface area (Å²) in [5, 5.41) is 3.45. The number of aromatic nitrogens is 1. The molecule has 84 valence electrons. The largest absolute Gasteiger partial charge is 0.383 e. The minimum absolute atomic E-state index is 0.386. The zero-order chi connectivity index (χ0) is 11.1. The molecule has 0 aliphatic heterocycles. The maximum Gasteiger partial charge on any atom is 0.0618 e. The number of pyridine rings is 1. The van der Waals surface area contributed by atoms with E-state index in [9.17, 15) is 0 Å². The molecule has 1 unspecified atom stereocenters. The molecule has 3 nitrogen and oxygen atoms in total. The van der Waals surface area contributed by atoms with Gasteiger partial charge in [-0.1, -0.05) is 19.9 Å². The first-order valence-corrected chi connectivity index (χ1v) is 5.36. The predicted molar refractivity (Wildman–Crippen MR) is 61.6 cm³/mol. The second-order valence-corrected chi connectivity index (χ2v) is 4.01. The molecule has 1 aromatic heterocycles. The van der Waals surface area contributed by atoms with Crippen LogP contribution in [0.25, 0.3) is 0 Å². The van der Waals surface area contributed by atoms with Gasteiger partial charge in [0.2, 0.25) is 0 Å². The van der Waals surface area contributed by atoms with Crippen molar-refractivity contribution in [1.29, 1.82) is 0 Å². The van der Waals surface area contributed by atoms with Gasteiger partial charge in [0.05, 0.1) is 12.3 Å². The molecule has 0 aromatic carbocycles. The Hall–Kier alpha value is -0.930. The van der Waals surface area contributed by atoms with Crippen molar-refractivity contribution in [2.75, 3.05) is 13.7 Å². The lowest BCUT2D eigenvalue weighted by molar-refractivity contribution is 0.146. The average Bonchev–Trinajstić information content (AvgIpc) is 2.25. The summed E-state index contributed by atoms with van der Waals surface area (Å²) in [7, 11) is 1.73. The fourth-order valence-electron chi connectivity index (χ4n) is 1.40. The van der Waals surface area contributed by atoms with Crippen LogP contribution in [0.3, 0.4) is 0 Å². The van der Waals surface area contributed by atoms with E-state index in [4.69, 9.17) is 4.74 Å². The van der Waals surface area contributed by atoms with Crippen LogP contribution in [-0.2, 0) is 11.3 Å². The van der Waals surface area contributed by atoms with Crippen LogP contribution < -0.4 is 5.32 Å². The average molecular weight is 208 g/mol. The Balaban J connectivity index is 2.40. The maximum absolute atomic E-state index is 5.17. The standard InChI is InChI=1S/C12H20N2O/c1-10(2)12(9-15-3)14-8-11-6-4-5-7-13-11/h4-7,10,12,14H,8-9H2,1-3H3. The number of nitrogens with zero attached hydrogens (tertiary/aromatic N) is 1. The molecule has 3 heteroatoms. The van der Waals surface area contributed by atoms with Crippen molar-refractivity contribution >= 4 is 0 Å². The SMILES string of the molecule is COCC(NCc1ccccn1)C(C)C. The predicted octanol–water partition coefficient (Wildman–Crippen LogP) is 1.84. The van der Waals surface area contributed by atoms with Crippen LogP contribution in [0, 0.1) is 5.92 Å². The van der Waals surface area contributed by atoms with Gasteiger partial charge in [0.25, 0.3) is 0 Å². The van der Waals surface area contributed by atoms with Crippen LogP contribution in [0.2, 0.25) is 0 Å². The Bertz CT molecular complexity index is 262. The molecule has 1 N–H and O–H groups in total. The Morgan fingerprint density at radius 3 is 2.73 bits per heavy atom. The number of ether oxygens (including phenoxy) is 1. The van der Waals surface area contributed by atoms with Crippen molar-refractivity contribution in [1.82, 2.24) is 10.3 Å². The molecule has 0 saturated heterocycles. The number of hydrogen-bond donors (Lipinski definition) is 1. The van der Waals surface area contributed by atoms with Gasteiger partial charge in [0.15, 0.2) is 0 Å². The first-order chi connectivity index (χ1) is 7.24. The van der Waals surface area contributed by atoms with Gasteiger partial charge in [-0.25, -0.2) is 0 Å². The highest BCUT2D eigenvalue weighted by Gasteiger charge is 2.11. The molecule has 0 amide bonds. The number of methoxy groups -OCH3 is 1. The lowest BCUT2D eigenvalue weighted by Gasteiger charge is -2.21. The monoisotopic (exact) mass is 208 g/mol. The first-order valence-electron chi connectivity index (χ1n) is 5.36.